The molecule has 6 heteroatoms. The molecule has 26 heavy (non-hydrogen) atoms. The zero-order chi connectivity index (χ0) is 18.7. The Kier molecular flexibility index (Phi) is 5.01. The Bertz CT molecular complexity index is 1100. The number of thiazole rings is 1. The molecule has 0 aliphatic rings. The van der Waals surface area contributed by atoms with Gasteiger partial charge in [0, 0.05) is 5.56 Å². The van der Waals surface area contributed by atoms with Gasteiger partial charge >= 0.3 is 5.97 Å². The molecule has 0 fully saturated rings. The van der Waals surface area contributed by atoms with E-state index in [1.165, 1.54) is 18.4 Å². The van der Waals surface area contributed by atoms with E-state index in [1.54, 1.807) is 24.3 Å². The van der Waals surface area contributed by atoms with Gasteiger partial charge in [-0.25, -0.2) is 4.79 Å². The van der Waals surface area contributed by atoms with Crippen molar-refractivity contribution in [2.45, 2.75) is 13.5 Å². The van der Waals surface area contributed by atoms with Crippen molar-refractivity contribution in [1.82, 2.24) is 4.57 Å². The van der Waals surface area contributed by atoms with Gasteiger partial charge in [0.2, 0.25) is 0 Å². The molecule has 3 rings (SSSR count). The lowest BCUT2D eigenvalue weighted by atomic mass is 10.1. The summed E-state index contributed by atoms with van der Waals surface area (Å²) in [6.45, 7) is 2.33. The summed E-state index contributed by atoms with van der Waals surface area (Å²) in [4.78, 5) is 28.8. The fourth-order valence-corrected chi connectivity index (χ4v) is 3.75. The quantitative estimate of drug-likeness (QED) is 0.530. The second-order valence-electron chi connectivity index (χ2n) is 5.58. The number of para-hydroxylation sites is 1. The topological polar surface area (TPSA) is 60.7 Å². The first-order valence-corrected chi connectivity index (χ1v) is 8.66. The average molecular weight is 364 g/mol. The highest BCUT2D eigenvalue weighted by Crippen LogP contribution is 2.21. The number of aromatic nitrogens is 1. The predicted octanol–water partition coefficient (Wildman–Crippen LogP) is 3.17. The van der Waals surface area contributed by atoms with Gasteiger partial charge in [-0.2, -0.15) is 4.99 Å². The number of carbonyl (C=O) groups excluding carboxylic acids is 2. The van der Waals surface area contributed by atoms with E-state index < -0.39 is 11.9 Å². The van der Waals surface area contributed by atoms with Crippen LogP contribution in [0.2, 0.25) is 0 Å². The number of amides is 1. The molecular formula is C20H16N2O3S. The van der Waals surface area contributed by atoms with Crippen molar-refractivity contribution in [2.75, 3.05) is 7.11 Å². The number of methoxy groups -OCH3 is 1. The number of benzene rings is 2. The number of rotatable bonds is 3. The average Bonchev–Trinajstić information content (AvgIpc) is 3.00. The minimum Gasteiger partial charge on any atom is -0.465 e. The van der Waals surface area contributed by atoms with Crippen LogP contribution in [0.5, 0.6) is 0 Å². The summed E-state index contributed by atoms with van der Waals surface area (Å²) in [6, 6.07) is 12.1. The highest BCUT2D eigenvalue weighted by atomic mass is 32.1. The molecule has 5 nitrogen and oxygen atoms in total. The molecule has 0 spiro atoms. The number of carbonyl (C=O) groups is 2. The molecule has 0 N–H and O–H groups in total. The first-order valence-electron chi connectivity index (χ1n) is 7.85. The Hall–Kier alpha value is -3.17. The lowest BCUT2D eigenvalue weighted by Gasteiger charge is -2.03. The van der Waals surface area contributed by atoms with E-state index in [9.17, 15) is 9.59 Å². The number of nitrogens with zero attached hydrogens (tertiary/aromatic N) is 2. The van der Waals surface area contributed by atoms with Crippen LogP contribution in [0, 0.1) is 19.3 Å². The fraction of sp³-hybridized carbons (Fsp3) is 0.150. The van der Waals surface area contributed by atoms with Crippen LogP contribution in [0.1, 0.15) is 26.3 Å². The van der Waals surface area contributed by atoms with Crippen LogP contribution >= 0.6 is 11.3 Å². The number of hydrogen-bond donors (Lipinski definition) is 0. The zero-order valence-electron chi connectivity index (χ0n) is 14.4. The van der Waals surface area contributed by atoms with Crippen LogP contribution in [0.15, 0.2) is 47.5 Å². The molecule has 0 unspecified atom stereocenters. The summed E-state index contributed by atoms with van der Waals surface area (Å²) >= 11 is 1.42. The molecule has 0 radical (unpaired) electrons. The van der Waals surface area contributed by atoms with Gasteiger partial charge in [0.15, 0.2) is 4.80 Å². The molecule has 0 saturated carbocycles. The monoisotopic (exact) mass is 364 g/mol. The van der Waals surface area contributed by atoms with E-state index in [0.29, 0.717) is 22.5 Å². The van der Waals surface area contributed by atoms with Crippen molar-refractivity contribution >= 4 is 33.4 Å². The van der Waals surface area contributed by atoms with Crippen LogP contribution < -0.4 is 4.80 Å². The molecule has 130 valence electrons. The maximum atomic E-state index is 12.5. The molecule has 2 aromatic carbocycles. The highest BCUT2D eigenvalue weighted by molar-refractivity contribution is 7.16. The predicted molar refractivity (Wildman–Crippen MR) is 101 cm³/mol. The maximum Gasteiger partial charge on any atom is 0.337 e. The molecule has 1 heterocycles. The largest absolute Gasteiger partial charge is 0.465 e. The van der Waals surface area contributed by atoms with E-state index >= 15 is 0 Å². The Balaban J connectivity index is 2.05. The summed E-state index contributed by atoms with van der Waals surface area (Å²) in [5, 5.41) is 0. The van der Waals surface area contributed by atoms with Crippen molar-refractivity contribution in [3.63, 3.8) is 0 Å². The lowest BCUT2D eigenvalue weighted by molar-refractivity contribution is 0.0600. The second-order valence-corrected chi connectivity index (χ2v) is 6.59. The van der Waals surface area contributed by atoms with E-state index in [2.05, 4.69) is 15.6 Å². The summed E-state index contributed by atoms with van der Waals surface area (Å²) in [5.74, 6) is 1.77. The van der Waals surface area contributed by atoms with Gasteiger partial charge in [-0.05, 0) is 42.8 Å². The van der Waals surface area contributed by atoms with Gasteiger partial charge < -0.3 is 9.30 Å². The summed E-state index contributed by atoms with van der Waals surface area (Å²) < 4.78 is 7.54. The van der Waals surface area contributed by atoms with Crippen LogP contribution in [0.25, 0.3) is 10.2 Å². The van der Waals surface area contributed by atoms with Crippen molar-refractivity contribution in [2.24, 2.45) is 4.99 Å². The number of hydrogen-bond acceptors (Lipinski definition) is 4. The summed E-state index contributed by atoms with van der Waals surface area (Å²) in [5.41, 5.74) is 2.83. The van der Waals surface area contributed by atoms with Crippen molar-refractivity contribution in [3.8, 4) is 12.3 Å². The molecule has 3 aromatic rings. The number of ether oxygens (including phenoxy) is 1. The molecule has 0 bridgehead atoms. The summed E-state index contributed by atoms with van der Waals surface area (Å²) in [6.07, 6.45) is 5.49. The molecule has 0 aliphatic heterocycles. The number of aryl methyl sites for hydroxylation is 1. The summed E-state index contributed by atoms with van der Waals surface area (Å²) in [7, 11) is 1.31. The SMILES string of the molecule is C#CCn1c(=NC(=O)c2ccc(C(=O)OC)cc2)sc2cccc(C)c21. The Morgan fingerprint density at radius 1 is 1.19 bits per heavy atom. The molecule has 1 aromatic heterocycles. The van der Waals surface area contributed by atoms with Crippen molar-refractivity contribution < 1.29 is 14.3 Å². The minimum absolute atomic E-state index is 0.332. The number of fused-ring (bicyclic) bond motifs is 1. The number of terminal acetylenes is 1. The van der Waals surface area contributed by atoms with Crippen LogP contribution in [-0.4, -0.2) is 23.6 Å². The van der Waals surface area contributed by atoms with E-state index in [4.69, 9.17) is 6.42 Å². The van der Waals surface area contributed by atoms with Gasteiger partial charge in [-0.1, -0.05) is 29.4 Å². The van der Waals surface area contributed by atoms with Gasteiger partial charge in [0.1, 0.15) is 0 Å². The number of esters is 1. The molecule has 0 saturated heterocycles. The van der Waals surface area contributed by atoms with E-state index in [-0.39, 0.29) is 0 Å². The van der Waals surface area contributed by atoms with Gasteiger partial charge in [0.05, 0.1) is 29.4 Å². The van der Waals surface area contributed by atoms with Crippen molar-refractivity contribution in [3.05, 3.63) is 64.0 Å². The minimum atomic E-state index is -0.451. The highest BCUT2D eigenvalue weighted by Gasteiger charge is 2.11. The van der Waals surface area contributed by atoms with Crippen LogP contribution in [-0.2, 0) is 11.3 Å². The zero-order valence-corrected chi connectivity index (χ0v) is 15.2. The van der Waals surface area contributed by atoms with E-state index in [0.717, 1.165) is 15.8 Å². The smallest absolute Gasteiger partial charge is 0.337 e. The third kappa shape index (κ3) is 3.30. The first-order chi connectivity index (χ1) is 12.5. The molecule has 0 atom stereocenters. The molecule has 1 amide bonds. The van der Waals surface area contributed by atoms with Gasteiger partial charge in [-0.15, -0.1) is 6.42 Å². The fourth-order valence-electron chi connectivity index (χ4n) is 2.65. The lowest BCUT2D eigenvalue weighted by Crippen LogP contribution is -2.17. The first kappa shape index (κ1) is 17.6. The standard InChI is InChI=1S/C20H16N2O3S/c1-4-12-22-17-13(2)6-5-7-16(17)26-20(22)21-18(23)14-8-10-15(11-9-14)19(24)25-3/h1,5-11H,12H2,2-3H3. The molecule has 0 aliphatic carbocycles. The van der Waals surface area contributed by atoms with Crippen molar-refractivity contribution in [1.29, 1.82) is 0 Å². The van der Waals surface area contributed by atoms with Crippen LogP contribution in [0.4, 0.5) is 0 Å². The Morgan fingerprint density at radius 2 is 1.88 bits per heavy atom. The van der Waals surface area contributed by atoms with Crippen LogP contribution in [0.3, 0.4) is 0 Å². The Labute approximate surface area is 154 Å². The third-order valence-corrected chi connectivity index (χ3v) is 4.95. The van der Waals surface area contributed by atoms with E-state index in [1.807, 2.05) is 29.7 Å². The maximum absolute atomic E-state index is 12.5. The Morgan fingerprint density at radius 3 is 2.54 bits per heavy atom. The van der Waals surface area contributed by atoms with Gasteiger partial charge in [-0.3, -0.25) is 4.79 Å². The van der Waals surface area contributed by atoms with Gasteiger partial charge in [0.25, 0.3) is 5.91 Å². The second kappa shape index (κ2) is 7.38. The normalized spacial score (nSPS) is 11.3. The molecular weight excluding hydrogens is 348 g/mol. The third-order valence-electron chi connectivity index (χ3n) is 3.90.